The van der Waals surface area contributed by atoms with E-state index in [2.05, 4.69) is 20.6 Å². The van der Waals surface area contributed by atoms with Crippen LogP contribution < -0.4 is 10.6 Å². The monoisotopic (exact) mass is 1190 g/mol. The number of methoxy groups -OCH3 is 7. The third kappa shape index (κ3) is 12.3. The first-order valence-corrected chi connectivity index (χ1v) is 29.0. The van der Waals surface area contributed by atoms with Crippen molar-refractivity contribution in [3.8, 4) is 11.4 Å². The summed E-state index contributed by atoms with van der Waals surface area (Å²) in [4.78, 5) is 138. The number of hydrogen-bond donors (Lipinski definition) is 2. The van der Waals surface area contributed by atoms with E-state index in [-0.39, 0.29) is 81.9 Å². The van der Waals surface area contributed by atoms with E-state index in [4.69, 9.17) is 48.1 Å². The Bertz CT molecular complexity index is 3280. The molecule has 464 valence electrons. The first kappa shape index (κ1) is 65.6. The van der Waals surface area contributed by atoms with Gasteiger partial charge in [-0.25, -0.2) is 0 Å². The highest BCUT2D eigenvalue weighted by atomic mass is 16.5. The van der Waals surface area contributed by atoms with Crippen LogP contribution in [-0.4, -0.2) is 136 Å². The first-order chi connectivity index (χ1) is 40.6. The van der Waals surface area contributed by atoms with Crippen molar-refractivity contribution in [2.24, 2.45) is 60.3 Å². The van der Waals surface area contributed by atoms with Crippen molar-refractivity contribution in [3.63, 3.8) is 0 Å². The molecule has 22 heteroatoms. The van der Waals surface area contributed by atoms with Crippen LogP contribution in [0.15, 0.2) is 85.6 Å². The van der Waals surface area contributed by atoms with E-state index >= 15 is 4.79 Å². The molecule has 5 aliphatic heterocycles. The molecule has 0 saturated carbocycles. The van der Waals surface area contributed by atoms with E-state index in [1.807, 2.05) is 74.4 Å². The highest BCUT2D eigenvalue weighted by molar-refractivity contribution is 6.14. The van der Waals surface area contributed by atoms with E-state index < -0.39 is 105 Å². The normalized spacial score (nSPS) is 29.6. The van der Waals surface area contributed by atoms with Crippen molar-refractivity contribution in [1.29, 1.82) is 0 Å². The molecule has 0 aromatic carbocycles. The highest BCUT2D eigenvalue weighted by Crippen LogP contribution is 2.63. The van der Waals surface area contributed by atoms with Crippen molar-refractivity contribution in [2.45, 2.75) is 145 Å². The smallest absolute Gasteiger partial charge is 0.306 e. The minimum Gasteiger partial charge on any atom is -0.469 e. The summed E-state index contributed by atoms with van der Waals surface area (Å²) in [5.74, 6) is -7.57. The maximum Gasteiger partial charge on any atom is 0.306 e. The molecule has 0 radical (unpaired) electrons. The third-order valence-corrected chi connectivity index (χ3v) is 19.4. The molecule has 5 aliphatic rings. The molecule has 7 rings (SSSR count). The first-order valence-electron chi connectivity index (χ1n) is 29.0. The Morgan fingerprint density at radius 2 is 1.10 bits per heavy atom. The van der Waals surface area contributed by atoms with Crippen LogP contribution in [0.4, 0.5) is 0 Å². The predicted octanol–water partition coefficient (Wildman–Crippen LogP) is 8.06. The van der Waals surface area contributed by atoms with Gasteiger partial charge in [0.05, 0.1) is 103 Å². The van der Waals surface area contributed by atoms with Gasteiger partial charge in [0, 0.05) is 117 Å². The fraction of sp³-hybridized carbons (Fsp3) is 0.578. The van der Waals surface area contributed by atoms with Gasteiger partial charge in [0.25, 0.3) is 5.91 Å². The zero-order valence-electron chi connectivity index (χ0n) is 52.5. The molecule has 1 unspecified atom stereocenters. The Morgan fingerprint density at radius 1 is 0.581 bits per heavy atom. The van der Waals surface area contributed by atoms with E-state index in [0.717, 1.165) is 5.56 Å². The Hall–Kier alpha value is -7.91. The second-order valence-electron chi connectivity index (χ2n) is 24.5. The number of aryl methyl sites for hydroxylation is 1. The number of amides is 1. The second-order valence-corrected chi connectivity index (χ2v) is 24.5. The van der Waals surface area contributed by atoms with Gasteiger partial charge in [0.2, 0.25) is 0 Å². The number of pyridine rings is 2. The fourth-order valence-electron chi connectivity index (χ4n) is 14.2. The molecule has 2 N–H and O–H groups in total. The van der Waals surface area contributed by atoms with E-state index in [9.17, 15) is 33.6 Å². The van der Waals surface area contributed by atoms with Crippen LogP contribution in [0, 0.1) is 52.3 Å². The van der Waals surface area contributed by atoms with E-state index in [1.54, 1.807) is 18.3 Å². The number of allylic oxidation sites excluding steroid dienone is 6. The van der Waals surface area contributed by atoms with Gasteiger partial charge in [0.15, 0.2) is 0 Å². The highest BCUT2D eigenvalue weighted by Gasteiger charge is 2.67. The molecule has 0 aliphatic carbocycles. The molecule has 1 fully saturated rings. The van der Waals surface area contributed by atoms with Crippen LogP contribution in [0.5, 0.6) is 0 Å². The van der Waals surface area contributed by atoms with Gasteiger partial charge < -0.3 is 43.8 Å². The summed E-state index contributed by atoms with van der Waals surface area (Å²) in [5.41, 5.74) is -0.606. The average molecular weight is 1190 g/mol. The molecule has 9 atom stereocenters. The summed E-state index contributed by atoms with van der Waals surface area (Å²) in [7, 11) is 9.00. The van der Waals surface area contributed by atoms with Crippen LogP contribution in [0.1, 0.15) is 142 Å². The lowest BCUT2D eigenvalue weighted by Crippen LogP contribution is -2.55. The summed E-state index contributed by atoms with van der Waals surface area (Å²) >= 11 is 0. The van der Waals surface area contributed by atoms with Gasteiger partial charge >= 0.3 is 41.8 Å². The van der Waals surface area contributed by atoms with Gasteiger partial charge in [0.1, 0.15) is 0 Å². The van der Waals surface area contributed by atoms with Gasteiger partial charge in [-0.3, -0.25) is 63.3 Å². The van der Waals surface area contributed by atoms with Gasteiger partial charge in [-0.15, -0.1) is 0 Å². The molecule has 22 nitrogen and oxygen atoms in total. The fourth-order valence-corrected chi connectivity index (χ4v) is 14.2. The molecule has 1 amide bonds. The Balaban J connectivity index is 1.72. The lowest BCUT2D eigenvalue weighted by Gasteiger charge is -2.48. The molecule has 86 heavy (non-hydrogen) atoms. The molecule has 2 aromatic heterocycles. The maximum atomic E-state index is 15.5. The summed E-state index contributed by atoms with van der Waals surface area (Å²) in [6.45, 7) is 17.1. The Morgan fingerprint density at radius 3 is 1.67 bits per heavy atom. The van der Waals surface area contributed by atoms with Crippen LogP contribution in [0.25, 0.3) is 11.4 Å². The van der Waals surface area contributed by atoms with E-state index in [0.29, 0.717) is 56.8 Å². The molecule has 2 aromatic rings. The molecule has 7 heterocycles. The zero-order chi connectivity index (χ0) is 63.4. The standard InChI is InChI=1S/C64H83N7O15/c1-34-24-27-65-42(29-34)43-30-37(25-28-66-43)59(79)69-54-53-39(18-21-45(73)81-11)62(7,32-49(77)85-15)56(68-53)36(3)52-40(19-22-46(74)82-12)63(8,33-50(78)86-16)64(9,71-52)57-41(31-48(76)84-14)61(6,26-23-47(75)83-13)55(70-57)35(2)51-38(17-20-44(72)80-10)60(4,5)58(54)67-51/h24-25,27-30,38-41,57,68H,17-23,26,31-33H2,1-16H3,(H,69,79)/b51-35-,54-53+,56-36-/t38-,39-,40-,41+,57?,61-,62+,63+,64+/m1/s1. The minimum atomic E-state index is -1.48. The number of fused-ring (bicyclic) bond motifs is 6. The van der Waals surface area contributed by atoms with Crippen LogP contribution in [0.2, 0.25) is 0 Å². The number of esters is 7. The van der Waals surface area contributed by atoms with Crippen LogP contribution >= 0.6 is 0 Å². The lowest BCUT2D eigenvalue weighted by molar-refractivity contribution is -0.147. The quantitative estimate of drug-likeness (QED) is 0.0882. The number of rotatable bonds is 21. The predicted molar refractivity (Wildman–Crippen MR) is 317 cm³/mol. The number of aliphatic imine (C=N–C) groups is 3. The molecule has 1 saturated heterocycles. The van der Waals surface area contributed by atoms with Gasteiger partial charge in [-0.1, -0.05) is 34.6 Å². The lowest BCUT2D eigenvalue weighted by atomic mass is 9.55. The number of ether oxygens (including phenoxy) is 7. The van der Waals surface area contributed by atoms with Crippen molar-refractivity contribution in [1.82, 2.24) is 20.6 Å². The van der Waals surface area contributed by atoms with E-state index in [1.165, 1.54) is 56.0 Å². The average Bonchev–Trinajstić information content (AvgIpc) is 1.53. The number of nitrogens with zero attached hydrogens (tertiary/aromatic N) is 5. The number of carbonyl (C=O) groups is 8. The van der Waals surface area contributed by atoms with Crippen molar-refractivity contribution < 1.29 is 71.5 Å². The summed E-state index contributed by atoms with van der Waals surface area (Å²) < 4.78 is 37.4. The molecule has 0 spiro atoms. The molecule has 8 bridgehead atoms. The van der Waals surface area contributed by atoms with Gasteiger partial charge in [-0.2, -0.15) is 0 Å². The van der Waals surface area contributed by atoms with Crippen LogP contribution in [0.3, 0.4) is 0 Å². The minimum absolute atomic E-state index is 0.0426. The third-order valence-electron chi connectivity index (χ3n) is 19.4. The largest absolute Gasteiger partial charge is 0.469 e. The number of carbonyl (C=O) groups excluding carboxylic acids is 8. The summed E-state index contributed by atoms with van der Waals surface area (Å²) in [6.07, 6.45) is 2.31. The zero-order valence-corrected chi connectivity index (χ0v) is 52.5. The van der Waals surface area contributed by atoms with Crippen LogP contribution in [-0.2, 0) is 66.7 Å². The second kappa shape index (κ2) is 26.0. The van der Waals surface area contributed by atoms with Crippen molar-refractivity contribution >= 4 is 64.8 Å². The molecular weight excluding hydrogens is 1110 g/mol. The van der Waals surface area contributed by atoms with Crippen molar-refractivity contribution in [3.05, 3.63) is 81.7 Å². The Labute approximate surface area is 502 Å². The summed E-state index contributed by atoms with van der Waals surface area (Å²) in [5, 5.41) is 7.07. The van der Waals surface area contributed by atoms with Gasteiger partial charge in [-0.05, 0) is 94.4 Å². The topological polar surface area (TPSA) is 288 Å². The maximum absolute atomic E-state index is 15.5. The Kier molecular flexibility index (Phi) is 19.8. The molecular formula is C64H83N7O15. The number of nitrogens with one attached hydrogen (secondary N) is 2. The summed E-state index contributed by atoms with van der Waals surface area (Å²) in [6, 6.07) is 5.91. The number of aromatic nitrogens is 2. The SMILES string of the molecule is COC(=O)CC[C@@H]1/C2=C(\C)C3=NC([C@H](CC(=O)OC)[C@@]3(C)CCC(=O)OC)[C@]3(C)N=C(/C(C)=C4\N/C(=C(/NC(=O)c5ccnc(-c6cc(C)ccn6)c5)C(=N2)C1(C)C)[C@@H](CCC(=O)OC)[C@]4(C)CC(=O)OC)[C@@H](CCC(=O)OC)[C@]3(C)CC(=O)OC. The van der Waals surface area contributed by atoms with Crippen molar-refractivity contribution in [2.75, 3.05) is 49.8 Å². The number of hydrogen-bond acceptors (Lipinski definition) is 21.